The predicted octanol–water partition coefficient (Wildman–Crippen LogP) is -3.22. The fourth-order valence-electron chi connectivity index (χ4n) is 6.85. The molecule has 61 heavy (non-hydrogen) atoms. The van der Waals surface area contributed by atoms with Crippen LogP contribution in [0.15, 0.2) is 29.3 Å². The van der Waals surface area contributed by atoms with Crippen molar-refractivity contribution in [3.63, 3.8) is 0 Å². The van der Waals surface area contributed by atoms with E-state index in [1.165, 1.54) is 25.7 Å². The Kier molecular flexibility index (Phi) is 21.4. The van der Waals surface area contributed by atoms with E-state index in [4.69, 9.17) is 28.4 Å². The molecule has 3 fully saturated rings. The summed E-state index contributed by atoms with van der Waals surface area (Å²) in [6.07, 6.45) is -20.3. The number of aliphatic hydroxyl groups excluding tert-OH is 11. The molecule has 0 aliphatic carbocycles. The summed E-state index contributed by atoms with van der Waals surface area (Å²) < 4.78 is 32.8. The Labute approximate surface area is 360 Å². The molecule has 16 unspecified atom stereocenters. The molecule has 350 valence electrons. The Morgan fingerprint density at radius 2 is 1.72 bits per heavy atom. The number of carboxylic acid groups (broad SMARTS) is 1. The molecule has 4 rings (SSSR count). The van der Waals surface area contributed by atoms with E-state index in [1.54, 1.807) is 18.2 Å². The Bertz CT molecular complexity index is 1470. The smallest absolute Gasteiger partial charge is 0.364 e. The van der Waals surface area contributed by atoms with Gasteiger partial charge in [-0.25, -0.2) is 9.79 Å². The van der Waals surface area contributed by atoms with Gasteiger partial charge in [0, 0.05) is 42.0 Å². The number of carbonyl (C=O) groups is 1. The monoisotopic (exact) mass is 915 g/mol. The number of aliphatic imine (C=N–C) groups is 1. The van der Waals surface area contributed by atoms with Gasteiger partial charge < -0.3 is 100 Å². The van der Waals surface area contributed by atoms with Gasteiger partial charge in [-0.3, -0.25) is 0 Å². The normalized spacial score (nSPS) is 32.5. The number of nitrogens with one attached hydrogen (secondary N) is 2. The lowest BCUT2D eigenvalue weighted by Gasteiger charge is -2.46. The lowest BCUT2D eigenvalue weighted by molar-refractivity contribution is -0.348. The minimum atomic E-state index is -2.82. The molecule has 0 saturated carbocycles. The van der Waals surface area contributed by atoms with Gasteiger partial charge >= 0.3 is 5.97 Å². The van der Waals surface area contributed by atoms with Gasteiger partial charge in [-0.2, -0.15) is 0 Å². The molecule has 3 saturated heterocycles. The second kappa shape index (κ2) is 25.3. The molecule has 3 heterocycles. The fraction of sp³-hybridized carbons (Fsp3) is 0.784. The van der Waals surface area contributed by atoms with Crippen LogP contribution >= 0.6 is 21.6 Å². The number of ether oxygens (including phenoxy) is 6. The van der Waals surface area contributed by atoms with Crippen molar-refractivity contribution in [1.29, 1.82) is 0 Å². The summed E-state index contributed by atoms with van der Waals surface area (Å²) >= 11 is 0. The van der Waals surface area contributed by atoms with E-state index < -0.39 is 124 Å². The van der Waals surface area contributed by atoms with Crippen molar-refractivity contribution >= 4 is 45.3 Å². The zero-order valence-corrected chi connectivity index (χ0v) is 35.2. The molecule has 0 aromatic heterocycles. The molecule has 0 spiro atoms. The summed E-state index contributed by atoms with van der Waals surface area (Å²) in [7, 11) is 5.11. The van der Waals surface area contributed by atoms with Crippen LogP contribution < -0.4 is 10.6 Å². The number of nitrogens with zero attached hydrogens (tertiary/aromatic N) is 1. The maximum atomic E-state index is 12.6. The highest BCUT2D eigenvalue weighted by molar-refractivity contribution is 8.77. The van der Waals surface area contributed by atoms with Gasteiger partial charge in [0.1, 0.15) is 73.8 Å². The van der Waals surface area contributed by atoms with Crippen LogP contribution in [-0.2, 0) is 33.2 Å². The molecule has 0 radical (unpaired) electrons. The van der Waals surface area contributed by atoms with E-state index in [0.717, 1.165) is 24.5 Å². The molecule has 0 amide bonds. The van der Waals surface area contributed by atoms with Crippen LogP contribution in [0.5, 0.6) is 0 Å². The maximum Gasteiger partial charge on any atom is 0.364 e. The van der Waals surface area contributed by atoms with E-state index in [1.807, 2.05) is 27.7 Å². The van der Waals surface area contributed by atoms with Crippen LogP contribution in [0.1, 0.15) is 32.1 Å². The van der Waals surface area contributed by atoms with Crippen LogP contribution in [0.4, 0.5) is 11.4 Å². The van der Waals surface area contributed by atoms with Gasteiger partial charge in [0.15, 0.2) is 12.7 Å². The SMILES string of the molecule is COC=NC1C(O)CC(OCC2OC(OC(C(O)CO)C(O)C(O)CNc3cccc(NCOCCCCC4CCSS4)c3)C(O)C(O)C2O)(C(=O)O)OC1C(O)C(O)CO. The standard InChI is InChI=1S/C37H61N3O19S2/c1-54-17-40-27-22(43)12-37(36(52)53,59-34(27)29(48)24(45)14-41)56-16-26-30(49)31(50)32(51)35(57-26)58-33(25(46)15-42)28(47)23(44)13-38-19-5-4-6-20(11-19)39-18-55-9-3-2-7-21-8-10-60-61-21/h4-6,11,17,21-35,38-39,41-51H,2-3,7-10,12-16,18H2,1H3,(H,52,53). The van der Waals surface area contributed by atoms with E-state index in [-0.39, 0.29) is 13.3 Å². The zero-order chi connectivity index (χ0) is 44.7. The quantitative estimate of drug-likeness (QED) is 0.0143. The number of unbranched alkanes of at least 4 members (excludes halogenated alkanes) is 1. The summed E-state index contributed by atoms with van der Waals surface area (Å²) in [4.78, 5) is 16.5. The minimum Gasteiger partial charge on any atom is -0.487 e. The Hall–Kier alpha value is -2.18. The third kappa shape index (κ3) is 14.4. The number of hydrogen-bond acceptors (Lipinski definition) is 23. The first-order chi connectivity index (χ1) is 29.2. The minimum absolute atomic E-state index is 0.272. The van der Waals surface area contributed by atoms with Crippen molar-refractivity contribution in [2.45, 2.75) is 129 Å². The van der Waals surface area contributed by atoms with E-state index in [2.05, 4.69) is 15.6 Å². The fourth-order valence-corrected chi connectivity index (χ4v) is 9.88. The highest BCUT2D eigenvalue weighted by atomic mass is 33.1. The predicted molar refractivity (Wildman–Crippen MR) is 219 cm³/mol. The highest BCUT2D eigenvalue weighted by Gasteiger charge is 2.57. The van der Waals surface area contributed by atoms with Gasteiger partial charge in [-0.05, 0) is 37.5 Å². The van der Waals surface area contributed by atoms with E-state index in [9.17, 15) is 66.1 Å². The first-order valence-electron chi connectivity index (χ1n) is 19.8. The number of hydrogen-bond donors (Lipinski definition) is 14. The van der Waals surface area contributed by atoms with Crippen molar-refractivity contribution in [3.8, 4) is 0 Å². The molecule has 24 heteroatoms. The van der Waals surface area contributed by atoms with Crippen LogP contribution in [0, 0.1) is 0 Å². The van der Waals surface area contributed by atoms with Gasteiger partial charge in [0.05, 0.1) is 39.1 Å². The topological polar surface area (TPSA) is 352 Å². The van der Waals surface area contributed by atoms with Gasteiger partial charge in [0.2, 0.25) is 0 Å². The van der Waals surface area contributed by atoms with Crippen LogP contribution in [0.3, 0.4) is 0 Å². The summed E-state index contributed by atoms with van der Waals surface area (Å²) in [6, 6.07) is 5.55. The molecular formula is C37H61N3O19S2. The maximum absolute atomic E-state index is 12.6. The van der Waals surface area contributed by atoms with Gasteiger partial charge in [0.25, 0.3) is 5.79 Å². The van der Waals surface area contributed by atoms with Crippen molar-refractivity contribution in [3.05, 3.63) is 24.3 Å². The third-order valence-electron chi connectivity index (χ3n) is 10.4. The summed E-state index contributed by atoms with van der Waals surface area (Å²) in [5, 5.41) is 133. The summed E-state index contributed by atoms with van der Waals surface area (Å²) in [6.45, 7) is -2.39. The summed E-state index contributed by atoms with van der Waals surface area (Å²) in [5.74, 6) is -3.46. The highest BCUT2D eigenvalue weighted by Crippen LogP contribution is 2.40. The average molecular weight is 916 g/mol. The molecule has 1 aromatic rings. The number of benzene rings is 1. The van der Waals surface area contributed by atoms with Gasteiger partial charge in [-0.1, -0.05) is 34.1 Å². The van der Waals surface area contributed by atoms with Crippen molar-refractivity contribution in [1.82, 2.24) is 0 Å². The van der Waals surface area contributed by atoms with Crippen LogP contribution in [0.25, 0.3) is 0 Å². The summed E-state index contributed by atoms with van der Waals surface area (Å²) in [5.41, 5.74) is 1.24. The van der Waals surface area contributed by atoms with Crippen molar-refractivity contribution in [2.24, 2.45) is 4.99 Å². The molecular weight excluding hydrogens is 855 g/mol. The van der Waals surface area contributed by atoms with E-state index in [0.29, 0.717) is 18.0 Å². The lowest BCUT2D eigenvalue weighted by atomic mass is 9.89. The lowest BCUT2D eigenvalue weighted by Crippen LogP contribution is -2.65. The second-order valence-corrected chi connectivity index (χ2v) is 17.7. The van der Waals surface area contributed by atoms with Crippen LogP contribution in [0.2, 0.25) is 0 Å². The second-order valence-electron chi connectivity index (χ2n) is 14.9. The number of carboxylic acids is 1. The van der Waals surface area contributed by atoms with E-state index >= 15 is 0 Å². The number of anilines is 2. The van der Waals surface area contributed by atoms with Gasteiger partial charge in [-0.15, -0.1) is 0 Å². The number of methoxy groups -OCH3 is 1. The first kappa shape index (κ1) is 51.5. The third-order valence-corrected chi connectivity index (χ3v) is 13.4. The molecule has 22 nitrogen and oxygen atoms in total. The Balaban J connectivity index is 1.36. The zero-order valence-electron chi connectivity index (χ0n) is 33.5. The van der Waals surface area contributed by atoms with Crippen molar-refractivity contribution in [2.75, 3.05) is 63.2 Å². The number of aliphatic hydroxyl groups is 11. The Morgan fingerprint density at radius 3 is 2.38 bits per heavy atom. The molecule has 1 aromatic carbocycles. The number of rotatable bonds is 26. The Morgan fingerprint density at radius 1 is 1.00 bits per heavy atom. The molecule has 3 aliphatic heterocycles. The number of aliphatic carboxylic acids is 1. The van der Waals surface area contributed by atoms with Crippen LogP contribution in [-0.4, -0.2) is 223 Å². The average Bonchev–Trinajstić information content (AvgIpc) is 3.78. The molecule has 16 atom stereocenters. The molecule has 0 bridgehead atoms. The van der Waals surface area contributed by atoms with Crippen molar-refractivity contribution < 1.29 is 94.5 Å². The largest absolute Gasteiger partial charge is 0.487 e. The molecule has 3 aliphatic rings. The first-order valence-corrected chi connectivity index (χ1v) is 22.2. The molecule has 14 N–H and O–H groups in total.